The molecular weight excluding hydrogens is 404 g/mol. The molecule has 0 N–H and O–H groups in total. The molecule has 1 fully saturated rings. The van der Waals surface area contributed by atoms with E-state index in [0.29, 0.717) is 30.4 Å². The van der Waals surface area contributed by atoms with Crippen LogP contribution in [0.25, 0.3) is 0 Å². The molecule has 0 spiro atoms. The first-order valence-corrected chi connectivity index (χ1v) is 12.0. The van der Waals surface area contributed by atoms with Gasteiger partial charge < -0.3 is 19.3 Å². The van der Waals surface area contributed by atoms with Gasteiger partial charge in [-0.1, -0.05) is 26.0 Å². The minimum Gasteiger partial charge on any atom is -0.494 e. The normalized spacial score (nSPS) is 27.5. The van der Waals surface area contributed by atoms with Crippen molar-refractivity contribution < 1.29 is 19.1 Å². The van der Waals surface area contributed by atoms with E-state index < -0.39 is 6.04 Å². The summed E-state index contributed by atoms with van der Waals surface area (Å²) in [6.07, 6.45) is 4.31. The van der Waals surface area contributed by atoms with Gasteiger partial charge in [-0.2, -0.15) is 0 Å². The summed E-state index contributed by atoms with van der Waals surface area (Å²) in [5.74, 6) is 1.38. The van der Waals surface area contributed by atoms with Crippen LogP contribution in [-0.2, 0) is 14.3 Å². The highest BCUT2D eigenvalue weighted by Crippen LogP contribution is 2.47. The van der Waals surface area contributed by atoms with Crippen molar-refractivity contribution in [1.82, 2.24) is 9.80 Å². The zero-order chi connectivity index (χ0) is 22.8. The van der Waals surface area contributed by atoms with E-state index >= 15 is 0 Å². The molecule has 2 aliphatic heterocycles. The van der Waals surface area contributed by atoms with Crippen molar-refractivity contribution in [2.75, 3.05) is 33.8 Å². The number of nitrogens with zero attached hydrogens (tertiary/aromatic N) is 2. The van der Waals surface area contributed by atoms with Crippen molar-refractivity contribution in [3.05, 3.63) is 41.2 Å². The lowest BCUT2D eigenvalue weighted by Gasteiger charge is -2.37. The van der Waals surface area contributed by atoms with Crippen LogP contribution in [-0.4, -0.2) is 61.4 Å². The van der Waals surface area contributed by atoms with E-state index in [4.69, 9.17) is 9.47 Å². The molecule has 4 rings (SSSR count). The van der Waals surface area contributed by atoms with Gasteiger partial charge in [0.25, 0.3) is 5.91 Å². The maximum atomic E-state index is 13.7. The van der Waals surface area contributed by atoms with Gasteiger partial charge in [-0.05, 0) is 76.4 Å². The van der Waals surface area contributed by atoms with Crippen molar-refractivity contribution in [3.63, 3.8) is 0 Å². The molecule has 2 heterocycles. The van der Waals surface area contributed by atoms with Crippen molar-refractivity contribution in [1.29, 1.82) is 0 Å². The number of amides is 1. The number of rotatable bonds is 8. The molecule has 174 valence electrons. The number of hydrogen-bond donors (Lipinski definition) is 0. The summed E-state index contributed by atoms with van der Waals surface area (Å²) in [6.45, 7) is 6.36. The molecule has 0 radical (unpaired) electrons. The highest BCUT2D eigenvalue weighted by atomic mass is 16.5. The molecule has 4 unspecified atom stereocenters. The van der Waals surface area contributed by atoms with Gasteiger partial charge in [0.05, 0.1) is 24.1 Å². The average Bonchev–Trinajstić information content (AvgIpc) is 3.05. The molecule has 3 aliphatic rings. The lowest BCUT2D eigenvalue weighted by molar-refractivity contribution is -0.136. The maximum Gasteiger partial charge on any atom is 0.290 e. The highest BCUT2D eigenvalue weighted by molar-refractivity contribution is 6.11. The van der Waals surface area contributed by atoms with Crippen molar-refractivity contribution in [2.45, 2.75) is 58.1 Å². The second kappa shape index (κ2) is 9.65. The Hall–Kier alpha value is -2.34. The fourth-order valence-corrected chi connectivity index (χ4v) is 5.25. The van der Waals surface area contributed by atoms with E-state index in [0.717, 1.165) is 50.0 Å². The second-order valence-corrected chi connectivity index (χ2v) is 9.77. The first-order chi connectivity index (χ1) is 15.4. The molecule has 0 bridgehead atoms. The molecule has 1 aromatic carbocycles. The maximum absolute atomic E-state index is 13.7. The third kappa shape index (κ3) is 4.42. The van der Waals surface area contributed by atoms with Crippen LogP contribution in [0.1, 0.15) is 57.6 Å². The van der Waals surface area contributed by atoms with Crippen molar-refractivity contribution in [3.8, 4) is 5.75 Å². The largest absolute Gasteiger partial charge is 0.494 e. The first kappa shape index (κ1) is 22.8. The van der Waals surface area contributed by atoms with Gasteiger partial charge in [0.1, 0.15) is 11.9 Å². The Morgan fingerprint density at radius 1 is 1.22 bits per heavy atom. The van der Waals surface area contributed by atoms with Crippen LogP contribution in [0.4, 0.5) is 0 Å². The number of fused-ring (bicyclic) bond motifs is 1. The Balaban J connectivity index is 1.69. The minimum absolute atomic E-state index is 0.108. The molecule has 0 aromatic heterocycles. The average molecular weight is 441 g/mol. The van der Waals surface area contributed by atoms with Crippen LogP contribution in [0.2, 0.25) is 0 Å². The summed E-state index contributed by atoms with van der Waals surface area (Å²) in [7, 11) is 4.05. The molecule has 6 nitrogen and oxygen atoms in total. The number of benzene rings is 1. The van der Waals surface area contributed by atoms with Gasteiger partial charge in [0, 0.05) is 6.54 Å². The van der Waals surface area contributed by atoms with E-state index in [-0.39, 0.29) is 23.7 Å². The van der Waals surface area contributed by atoms with Gasteiger partial charge in [0.2, 0.25) is 0 Å². The number of hydrogen-bond acceptors (Lipinski definition) is 5. The standard InChI is InChI=1S/C26H36N2O4/c1-5-14-31-19-9-6-8-18(16-19)23-22-24(29)20-15-17(2)10-11-21(20)32-25(22)26(30)28(23)13-7-12-27(3)4/h6,8-9,16-17,20-21,23H,5,7,10-15H2,1-4H3. The summed E-state index contributed by atoms with van der Waals surface area (Å²) >= 11 is 0. The third-order valence-electron chi connectivity index (χ3n) is 6.86. The van der Waals surface area contributed by atoms with Crippen molar-refractivity contribution in [2.24, 2.45) is 11.8 Å². The van der Waals surface area contributed by atoms with Gasteiger partial charge >= 0.3 is 0 Å². The summed E-state index contributed by atoms with van der Waals surface area (Å²) in [4.78, 5) is 31.2. The lowest BCUT2D eigenvalue weighted by Crippen LogP contribution is -2.41. The molecule has 1 saturated carbocycles. The first-order valence-electron chi connectivity index (χ1n) is 12.0. The number of ether oxygens (including phenoxy) is 2. The summed E-state index contributed by atoms with van der Waals surface area (Å²) < 4.78 is 12.1. The Morgan fingerprint density at radius 3 is 2.78 bits per heavy atom. The van der Waals surface area contributed by atoms with Gasteiger partial charge in [-0.15, -0.1) is 0 Å². The molecule has 32 heavy (non-hydrogen) atoms. The Kier molecular flexibility index (Phi) is 6.89. The predicted octanol–water partition coefficient (Wildman–Crippen LogP) is 3.97. The smallest absolute Gasteiger partial charge is 0.290 e. The fraction of sp³-hybridized carbons (Fsp3) is 0.615. The molecule has 1 aliphatic carbocycles. The molecule has 4 atom stereocenters. The number of carbonyl (C=O) groups excluding carboxylic acids is 2. The van der Waals surface area contributed by atoms with Crippen LogP contribution in [0.3, 0.4) is 0 Å². The number of ketones is 1. The SMILES string of the molecule is CCCOc1cccc(C2C3=C(OC4CCC(C)CC4C3=O)C(=O)N2CCCN(C)C)c1. The molecule has 6 heteroatoms. The summed E-state index contributed by atoms with van der Waals surface area (Å²) in [6, 6.07) is 7.44. The fourth-order valence-electron chi connectivity index (χ4n) is 5.25. The molecule has 0 saturated heterocycles. The molecular formula is C26H36N2O4. The van der Waals surface area contributed by atoms with E-state index in [1.165, 1.54) is 0 Å². The quantitative estimate of drug-likeness (QED) is 0.612. The second-order valence-electron chi connectivity index (χ2n) is 9.77. The molecule has 1 aromatic rings. The topological polar surface area (TPSA) is 59.1 Å². The van der Waals surface area contributed by atoms with Gasteiger partial charge in [-0.3, -0.25) is 9.59 Å². The number of carbonyl (C=O) groups is 2. The summed E-state index contributed by atoms with van der Waals surface area (Å²) in [5, 5.41) is 0. The zero-order valence-corrected chi connectivity index (χ0v) is 19.8. The lowest BCUT2D eigenvalue weighted by atomic mass is 9.74. The van der Waals surface area contributed by atoms with E-state index in [1.54, 1.807) is 0 Å². The minimum atomic E-state index is -0.407. The monoisotopic (exact) mass is 440 g/mol. The Morgan fingerprint density at radius 2 is 2.03 bits per heavy atom. The highest BCUT2D eigenvalue weighted by Gasteiger charge is 2.52. The van der Waals surface area contributed by atoms with Crippen LogP contribution >= 0.6 is 0 Å². The van der Waals surface area contributed by atoms with Crippen LogP contribution in [0.15, 0.2) is 35.6 Å². The Labute approximate surface area is 191 Å². The number of Topliss-reactive ketones (excluding diaryl/α,β-unsaturated/α-hetero) is 1. The van der Waals surface area contributed by atoms with Gasteiger partial charge in [-0.25, -0.2) is 0 Å². The Bertz CT molecular complexity index is 894. The van der Waals surface area contributed by atoms with E-state index in [2.05, 4.69) is 18.7 Å². The third-order valence-corrected chi connectivity index (χ3v) is 6.86. The van der Waals surface area contributed by atoms with E-state index in [9.17, 15) is 9.59 Å². The van der Waals surface area contributed by atoms with Crippen LogP contribution in [0.5, 0.6) is 5.75 Å². The zero-order valence-electron chi connectivity index (χ0n) is 19.8. The summed E-state index contributed by atoms with van der Waals surface area (Å²) in [5.41, 5.74) is 1.48. The van der Waals surface area contributed by atoms with Crippen LogP contribution < -0.4 is 4.74 Å². The van der Waals surface area contributed by atoms with E-state index in [1.807, 2.05) is 43.3 Å². The van der Waals surface area contributed by atoms with Crippen molar-refractivity contribution >= 4 is 11.7 Å². The van der Waals surface area contributed by atoms with Crippen LogP contribution in [0, 0.1) is 11.8 Å². The molecule has 1 amide bonds. The van der Waals surface area contributed by atoms with Gasteiger partial charge in [0.15, 0.2) is 11.5 Å². The predicted molar refractivity (Wildman–Crippen MR) is 123 cm³/mol.